The molecule has 0 aliphatic carbocycles. The van der Waals surface area contributed by atoms with Gasteiger partial charge in [0.2, 0.25) is 0 Å². The summed E-state index contributed by atoms with van der Waals surface area (Å²) in [6.07, 6.45) is 2.00. The lowest BCUT2D eigenvalue weighted by molar-refractivity contribution is 0.609. The number of pyridine rings is 1. The number of aromatic nitrogens is 1. The number of hydrogen-bond donors (Lipinski definition) is 0. The van der Waals surface area contributed by atoms with E-state index in [0.29, 0.717) is 6.42 Å². The van der Waals surface area contributed by atoms with E-state index < -0.39 is 0 Å². The fraction of sp³-hybridized carbons (Fsp3) is 0.182. The van der Waals surface area contributed by atoms with Gasteiger partial charge in [0.1, 0.15) is 5.82 Å². The van der Waals surface area contributed by atoms with Gasteiger partial charge in [-0.25, -0.2) is 4.39 Å². The van der Waals surface area contributed by atoms with Crippen LogP contribution in [0.2, 0.25) is 0 Å². The van der Waals surface area contributed by atoms with Crippen molar-refractivity contribution in [3.63, 3.8) is 0 Å². The molecule has 1 nitrogen and oxygen atoms in total. The normalized spacial score (nSPS) is 10.6. The van der Waals surface area contributed by atoms with Gasteiger partial charge in [0.05, 0.1) is 11.7 Å². The summed E-state index contributed by atoms with van der Waals surface area (Å²) < 4.78 is 13.3. The molecule has 2 heteroatoms. The van der Waals surface area contributed by atoms with Gasteiger partial charge in [-0.2, -0.15) is 0 Å². The van der Waals surface area contributed by atoms with Crippen molar-refractivity contribution in [3.05, 3.63) is 41.8 Å². The minimum Gasteiger partial charge on any atom is -0.253 e. The molecule has 0 amide bonds. The Morgan fingerprint density at radius 1 is 1.31 bits per heavy atom. The van der Waals surface area contributed by atoms with Crippen LogP contribution in [0.1, 0.15) is 12.5 Å². The number of aryl methyl sites for hydroxylation is 1. The minimum atomic E-state index is -0.207. The van der Waals surface area contributed by atoms with Crippen LogP contribution in [0.15, 0.2) is 30.5 Å². The second kappa shape index (κ2) is 3.13. The van der Waals surface area contributed by atoms with Gasteiger partial charge in [-0.15, -0.1) is 0 Å². The molecule has 0 saturated carbocycles. The van der Waals surface area contributed by atoms with Crippen LogP contribution in [0, 0.1) is 5.82 Å². The highest BCUT2D eigenvalue weighted by atomic mass is 19.1. The Kier molecular flexibility index (Phi) is 1.97. The van der Waals surface area contributed by atoms with Crippen LogP contribution in [-0.2, 0) is 6.42 Å². The number of benzene rings is 1. The SMILES string of the molecule is CCc1c(F)cnc2ccccc12. The predicted molar refractivity (Wildman–Crippen MR) is 51.1 cm³/mol. The predicted octanol–water partition coefficient (Wildman–Crippen LogP) is 2.94. The summed E-state index contributed by atoms with van der Waals surface area (Å²) in [4.78, 5) is 4.01. The van der Waals surface area contributed by atoms with Crippen LogP contribution in [0.25, 0.3) is 10.9 Å². The number of rotatable bonds is 1. The van der Waals surface area contributed by atoms with Crippen molar-refractivity contribution in [1.82, 2.24) is 4.98 Å². The number of halogens is 1. The lowest BCUT2D eigenvalue weighted by Crippen LogP contribution is -1.91. The monoisotopic (exact) mass is 175 g/mol. The smallest absolute Gasteiger partial charge is 0.145 e. The molecule has 1 aromatic heterocycles. The fourth-order valence-electron chi connectivity index (χ4n) is 1.53. The van der Waals surface area contributed by atoms with Crippen molar-refractivity contribution in [2.45, 2.75) is 13.3 Å². The van der Waals surface area contributed by atoms with Crippen molar-refractivity contribution in [3.8, 4) is 0 Å². The largest absolute Gasteiger partial charge is 0.253 e. The maximum atomic E-state index is 13.3. The van der Waals surface area contributed by atoms with E-state index >= 15 is 0 Å². The molecule has 0 spiro atoms. The summed E-state index contributed by atoms with van der Waals surface area (Å²) in [5.41, 5.74) is 1.62. The van der Waals surface area contributed by atoms with Gasteiger partial charge < -0.3 is 0 Å². The molecule has 2 rings (SSSR count). The molecule has 0 saturated heterocycles. The summed E-state index contributed by atoms with van der Waals surface area (Å²) in [5, 5.41) is 0.921. The first kappa shape index (κ1) is 8.17. The molecule has 0 radical (unpaired) electrons. The number of hydrogen-bond acceptors (Lipinski definition) is 1. The van der Waals surface area contributed by atoms with Crippen LogP contribution in [0.4, 0.5) is 4.39 Å². The molecular weight excluding hydrogens is 165 g/mol. The van der Waals surface area contributed by atoms with Crippen LogP contribution >= 0.6 is 0 Å². The molecule has 1 heterocycles. The highest BCUT2D eigenvalue weighted by Gasteiger charge is 2.05. The molecule has 0 bridgehead atoms. The van der Waals surface area contributed by atoms with Gasteiger partial charge in [-0.05, 0) is 18.1 Å². The van der Waals surface area contributed by atoms with Gasteiger partial charge >= 0.3 is 0 Å². The van der Waals surface area contributed by atoms with E-state index in [0.717, 1.165) is 16.5 Å². The molecule has 0 fully saturated rings. The highest BCUT2D eigenvalue weighted by Crippen LogP contribution is 2.19. The zero-order valence-corrected chi connectivity index (χ0v) is 7.42. The van der Waals surface area contributed by atoms with Crippen molar-refractivity contribution < 1.29 is 4.39 Å². The quantitative estimate of drug-likeness (QED) is 0.649. The number of para-hydroxylation sites is 1. The fourth-order valence-corrected chi connectivity index (χ4v) is 1.53. The molecule has 66 valence electrons. The van der Waals surface area contributed by atoms with Crippen LogP contribution < -0.4 is 0 Å². The Labute approximate surface area is 76.2 Å². The second-order valence-corrected chi connectivity index (χ2v) is 2.96. The van der Waals surface area contributed by atoms with Crippen LogP contribution in [0.5, 0.6) is 0 Å². The minimum absolute atomic E-state index is 0.207. The molecule has 0 N–H and O–H groups in total. The van der Waals surface area contributed by atoms with Crippen molar-refractivity contribution >= 4 is 10.9 Å². The van der Waals surface area contributed by atoms with Crippen LogP contribution in [-0.4, -0.2) is 4.98 Å². The summed E-state index contributed by atoms with van der Waals surface area (Å²) in [6, 6.07) is 7.62. The zero-order chi connectivity index (χ0) is 9.26. The van der Waals surface area contributed by atoms with E-state index in [1.54, 1.807) is 0 Å². The Morgan fingerprint density at radius 3 is 2.85 bits per heavy atom. The maximum absolute atomic E-state index is 13.3. The number of fused-ring (bicyclic) bond motifs is 1. The van der Waals surface area contributed by atoms with E-state index in [1.165, 1.54) is 6.20 Å². The standard InChI is InChI=1S/C11H10FN/c1-2-8-9-5-3-4-6-11(9)13-7-10(8)12/h3-7H,2H2,1H3. The average Bonchev–Trinajstić information content (AvgIpc) is 2.18. The zero-order valence-electron chi connectivity index (χ0n) is 7.42. The summed E-state index contributed by atoms with van der Waals surface area (Å²) in [6.45, 7) is 1.95. The van der Waals surface area contributed by atoms with E-state index in [4.69, 9.17) is 0 Å². The Morgan fingerprint density at radius 2 is 2.08 bits per heavy atom. The average molecular weight is 175 g/mol. The van der Waals surface area contributed by atoms with Gasteiger partial charge in [0.25, 0.3) is 0 Å². The van der Waals surface area contributed by atoms with E-state index in [2.05, 4.69) is 4.98 Å². The molecule has 1 aromatic carbocycles. The maximum Gasteiger partial charge on any atom is 0.145 e. The molecule has 13 heavy (non-hydrogen) atoms. The van der Waals surface area contributed by atoms with E-state index in [-0.39, 0.29) is 5.82 Å². The third-order valence-electron chi connectivity index (χ3n) is 2.19. The van der Waals surface area contributed by atoms with Crippen LogP contribution in [0.3, 0.4) is 0 Å². The summed E-state index contributed by atoms with van der Waals surface area (Å²) in [5.74, 6) is -0.207. The molecule has 0 atom stereocenters. The second-order valence-electron chi connectivity index (χ2n) is 2.96. The van der Waals surface area contributed by atoms with Gasteiger partial charge in [0.15, 0.2) is 0 Å². The van der Waals surface area contributed by atoms with Crippen molar-refractivity contribution in [2.24, 2.45) is 0 Å². The lowest BCUT2D eigenvalue weighted by atomic mass is 10.1. The first-order valence-electron chi connectivity index (χ1n) is 4.35. The van der Waals surface area contributed by atoms with Gasteiger partial charge in [-0.1, -0.05) is 25.1 Å². The summed E-state index contributed by atoms with van der Waals surface area (Å²) in [7, 11) is 0. The molecule has 2 aromatic rings. The Bertz CT molecular complexity index is 437. The molecule has 0 aliphatic heterocycles. The molecular formula is C11H10FN. The summed E-state index contributed by atoms with van der Waals surface area (Å²) >= 11 is 0. The van der Waals surface area contributed by atoms with E-state index in [1.807, 2.05) is 31.2 Å². The molecule has 0 aliphatic rings. The lowest BCUT2D eigenvalue weighted by Gasteiger charge is -2.03. The Hall–Kier alpha value is -1.44. The third-order valence-corrected chi connectivity index (χ3v) is 2.19. The molecule has 0 unspecified atom stereocenters. The van der Waals surface area contributed by atoms with Gasteiger partial charge in [0, 0.05) is 5.39 Å². The first-order valence-corrected chi connectivity index (χ1v) is 4.35. The van der Waals surface area contributed by atoms with E-state index in [9.17, 15) is 4.39 Å². The van der Waals surface area contributed by atoms with Crippen molar-refractivity contribution in [2.75, 3.05) is 0 Å². The third kappa shape index (κ3) is 1.28. The number of nitrogens with zero attached hydrogens (tertiary/aromatic N) is 1. The van der Waals surface area contributed by atoms with Gasteiger partial charge in [-0.3, -0.25) is 4.98 Å². The topological polar surface area (TPSA) is 12.9 Å². The van der Waals surface area contributed by atoms with Crippen molar-refractivity contribution in [1.29, 1.82) is 0 Å². The highest BCUT2D eigenvalue weighted by molar-refractivity contribution is 5.81. The Balaban J connectivity index is 2.84. The first-order chi connectivity index (χ1) is 6.33.